The van der Waals surface area contributed by atoms with Gasteiger partial charge in [-0.25, -0.2) is 0 Å². The summed E-state index contributed by atoms with van der Waals surface area (Å²) in [5, 5.41) is 3.11. The first-order valence-corrected chi connectivity index (χ1v) is 7.03. The Kier molecular flexibility index (Phi) is 5.44. The van der Waals surface area contributed by atoms with Crippen molar-refractivity contribution in [2.45, 2.75) is 77.8 Å². The molecule has 1 rings (SSSR count). The Labute approximate surface area is 106 Å². The summed E-state index contributed by atoms with van der Waals surface area (Å²) < 4.78 is 0. The second kappa shape index (κ2) is 6.39. The molecule has 0 aliphatic heterocycles. The number of nitrogens with two attached hydrogens (primary N) is 1. The SMILES string of the molecule is CCCCCCCC(=O)NC1CC(N)C1(C)C. The zero-order valence-corrected chi connectivity index (χ0v) is 11.6. The maximum atomic E-state index is 11.7. The number of amides is 1. The summed E-state index contributed by atoms with van der Waals surface area (Å²) in [5.41, 5.74) is 5.99. The van der Waals surface area contributed by atoms with E-state index in [2.05, 4.69) is 26.1 Å². The van der Waals surface area contributed by atoms with Gasteiger partial charge in [0.2, 0.25) is 5.91 Å². The lowest BCUT2D eigenvalue weighted by atomic mass is 9.63. The Balaban J connectivity index is 2.10. The molecule has 1 saturated carbocycles. The topological polar surface area (TPSA) is 55.1 Å². The first kappa shape index (κ1) is 14.5. The molecular weight excluding hydrogens is 212 g/mol. The zero-order valence-electron chi connectivity index (χ0n) is 11.6. The molecule has 0 aromatic rings. The van der Waals surface area contributed by atoms with Crippen molar-refractivity contribution in [2.75, 3.05) is 0 Å². The lowest BCUT2D eigenvalue weighted by Crippen LogP contribution is -2.64. The number of hydrogen-bond acceptors (Lipinski definition) is 2. The summed E-state index contributed by atoms with van der Waals surface area (Å²) in [4.78, 5) is 11.7. The van der Waals surface area contributed by atoms with Crippen molar-refractivity contribution in [1.82, 2.24) is 5.32 Å². The zero-order chi connectivity index (χ0) is 12.9. The van der Waals surface area contributed by atoms with Gasteiger partial charge in [0.05, 0.1) is 0 Å². The van der Waals surface area contributed by atoms with Crippen LogP contribution in [-0.4, -0.2) is 18.0 Å². The van der Waals surface area contributed by atoms with Crippen molar-refractivity contribution in [3.8, 4) is 0 Å². The van der Waals surface area contributed by atoms with E-state index in [1.165, 1.54) is 25.7 Å². The van der Waals surface area contributed by atoms with Crippen LogP contribution in [0.5, 0.6) is 0 Å². The van der Waals surface area contributed by atoms with Gasteiger partial charge in [-0.1, -0.05) is 46.5 Å². The highest BCUT2D eigenvalue weighted by molar-refractivity contribution is 5.76. The molecule has 2 atom stereocenters. The lowest BCUT2D eigenvalue weighted by molar-refractivity contribution is -0.124. The van der Waals surface area contributed by atoms with Crippen LogP contribution >= 0.6 is 0 Å². The average molecular weight is 240 g/mol. The Hall–Kier alpha value is -0.570. The van der Waals surface area contributed by atoms with Crippen LogP contribution < -0.4 is 11.1 Å². The Morgan fingerprint density at radius 2 is 1.94 bits per heavy atom. The molecule has 0 bridgehead atoms. The predicted octanol–water partition coefficient (Wildman–Crippen LogP) is 2.59. The molecule has 0 saturated heterocycles. The normalized spacial score (nSPS) is 26.4. The second-order valence-corrected chi connectivity index (χ2v) is 5.95. The first-order chi connectivity index (χ1) is 7.98. The Bertz CT molecular complexity index is 251. The molecule has 3 nitrogen and oxygen atoms in total. The van der Waals surface area contributed by atoms with E-state index in [4.69, 9.17) is 5.73 Å². The first-order valence-electron chi connectivity index (χ1n) is 7.03. The van der Waals surface area contributed by atoms with Crippen molar-refractivity contribution >= 4 is 5.91 Å². The minimum absolute atomic E-state index is 0.0673. The molecular formula is C14H28N2O. The monoisotopic (exact) mass is 240 g/mol. The van der Waals surface area contributed by atoms with Gasteiger partial charge in [0, 0.05) is 23.9 Å². The van der Waals surface area contributed by atoms with E-state index in [1.54, 1.807) is 0 Å². The van der Waals surface area contributed by atoms with E-state index in [9.17, 15) is 4.79 Å². The van der Waals surface area contributed by atoms with E-state index >= 15 is 0 Å². The summed E-state index contributed by atoms with van der Waals surface area (Å²) >= 11 is 0. The van der Waals surface area contributed by atoms with Gasteiger partial charge >= 0.3 is 0 Å². The van der Waals surface area contributed by atoms with Crippen molar-refractivity contribution < 1.29 is 4.79 Å². The second-order valence-electron chi connectivity index (χ2n) is 5.95. The van der Waals surface area contributed by atoms with E-state index in [1.807, 2.05) is 0 Å². The van der Waals surface area contributed by atoms with Crippen molar-refractivity contribution in [3.63, 3.8) is 0 Å². The summed E-state index contributed by atoms with van der Waals surface area (Å²) in [6.07, 6.45) is 7.58. The predicted molar refractivity (Wildman–Crippen MR) is 71.7 cm³/mol. The molecule has 1 aliphatic rings. The highest BCUT2D eigenvalue weighted by Crippen LogP contribution is 2.38. The van der Waals surface area contributed by atoms with Crippen LogP contribution in [0, 0.1) is 5.41 Å². The summed E-state index contributed by atoms with van der Waals surface area (Å²) in [7, 11) is 0. The number of hydrogen-bond donors (Lipinski definition) is 2. The standard InChI is InChI=1S/C14H28N2O/c1-4-5-6-7-8-9-13(17)16-12-10-11(15)14(12,2)3/h11-12H,4-10,15H2,1-3H3,(H,16,17). The lowest BCUT2D eigenvalue weighted by Gasteiger charge is -2.50. The van der Waals surface area contributed by atoms with E-state index in [0.717, 1.165) is 12.8 Å². The number of unbranched alkanes of at least 4 members (excludes halogenated alkanes) is 4. The maximum Gasteiger partial charge on any atom is 0.220 e. The molecule has 1 amide bonds. The minimum Gasteiger partial charge on any atom is -0.353 e. The van der Waals surface area contributed by atoms with Crippen LogP contribution in [0.3, 0.4) is 0 Å². The molecule has 3 N–H and O–H groups in total. The molecule has 0 heterocycles. The van der Waals surface area contributed by atoms with Crippen LogP contribution in [0.15, 0.2) is 0 Å². The molecule has 0 aromatic heterocycles. The highest BCUT2D eigenvalue weighted by Gasteiger charge is 2.46. The molecule has 100 valence electrons. The fourth-order valence-electron chi connectivity index (χ4n) is 2.36. The molecule has 3 heteroatoms. The largest absolute Gasteiger partial charge is 0.353 e. The third-order valence-electron chi connectivity index (χ3n) is 4.19. The van der Waals surface area contributed by atoms with Crippen LogP contribution in [0.1, 0.15) is 65.7 Å². The molecule has 1 aliphatic carbocycles. The molecule has 0 aromatic carbocycles. The molecule has 0 radical (unpaired) electrons. The van der Waals surface area contributed by atoms with Gasteiger partial charge < -0.3 is 11.1 Å². The van der Waals surface area contributed by atoms with E-state index in [-0.39, 0.29) is 23.4 Å². The van der Waals surface area contributed by atoms with Gasteiger partial charge in [-0.05, 0) is 12.8 Å². The Morgan fingerprint density at radius 3 is 2.47 bits per heavy atom. The van der Waals surface area contributed by atoms with Gasteiger partial charge in [0.15, 0.2) is 0 Å². The fraction of sp³-hybridized carbons (Fsp3) is 0.929. The van der Waals surface area contributed by atoms with Crippen LogP contribution in [0.4, 0.5) is 0 Å². The van der Waals surface area contributed by atoms with Crippen LogP contribution in [0.25, 0.3) is 0 Å². The minimum atomic E-state index is 0.0673. The van der Waals surface area contributed by atoms with Gasteiger partial charge in [-0.3, -0.25) is 4.79 Å². The van der Waals surface area contributed by atoms with Crippen molar-refractivity contribution in [3.05, 3.63) is 0 Å². The van der Waals surface area contributed by atoms with Gasteiger partial charge in [0.25, 0.3) is 0 Å². The third-order valence-corrected chi connectivity index (χ3v) is 4.19. The number of rotatable bonds is 7. The number of carbonyl (C=O) groups excluding carboxylic acids is 1. The molecule has 1 fully saturated rings. The maximum absolute atomic E-state index is 11.7. The summed E-state index contributed by atoms with van der Waals surface area (Å²) in [5.74, 6) is 0.200. The average Bonchev–Trinajstić information content (AvgIpc) is 2.28. The number of carbonyl (C=O) groups is 1. The van der Waals surface area contributed by atoms with Crippen LogP contribution in [0.2, 0.25) is 0 Å². The summed E-state index contributed by atoms with van der Waals surface area (Å²) in [6, 6.07) is 0.512. The van der Waals surface area contributed by atoms with E-state index in [0.29, 0.717) is 6.42 Å². The summed E-state index contributed by atoms with van der Waals surface area (Å²) in [6.45, 7) is 6.47. The third kappa shape index (κ3) is 3.98. The fourth-order valence-corrected chi connectivity index (χ4v) is 2.36. The smallest absolute Gasteiger partial charge is 0.220 e. The van der Waals surface area contributed by atoms with Gasteiger partial charge in [-0.15, -0.1) is 0 Å². The van der Waals surface area contributed by atoms with Crippen LogP contribution in [-0.2, 0) is 4.79 Å². The quantitative estimate of drug-likeness (QED) is 0.672. The Morgan fingerprint density at radius 1 is 1.29 bits per heavy atom. The van der Waals surface area contributed by atoms with Gasteiger partial charge in [0.1, 0.15) is 0 Å². The molecule has 0 spiro atoms. The number of nitrogens with one attached hydrogen (secondary N) is 1. The van der Waals surface area contributed by atoms with Gasteiger partial charge in [-0.2, -0.15) is 0 Å². The highest BCUT2D eigenvalue weighted by atomic mass is 16.1. The van der Waals surface area contributed by atoms with Crippen molar-refractivity contribution in [1.29, 1.82) is 0 Å². The van der Waals surface area contributed by atoms with Crippen molar-refractivity contribution in [2.24, 2.45) is 11.1 Å². The molecule has 17 heavy (non-hydrogen) atoms. The molecule has 2 unspecified atom stereocenters. The van der Waals surface area contributed by atoms with E-state index < -0.39 is 0 Å².